The van der Waals surface area contributed by atoms with Gasteiger partial charge in [0.15, 0.2) is 0 Å². The van der Waals surface area contributed by atoms with E-state index >= 15 is 0 Å². The van der Waals surface area contributed by atoms with Gasteiger partial charge in [-0.25, -0.2) is 4.98 Å². The first-order valence-electron chi connectivity index (χ1n) is 6.32. The second kappa shape index (κ2) is 7.21. The van der Waals surface area contributed by atoms with Crippen molar-refractivity contribution < 1.29 is 9.53 Å². The summed E-state index contributed by atoms with van der Waals surface area (Å²) in [5.41, 5.74) is 1.13. The fourth-order valence-corrected chi connectivity index (χ4v) is 1.97. The SMILES string of the molecule is CCOCC(=O)Nc1nccn1Cc1ccc(Br)cc1. The molecule has 0 aliphatic heterocycles. The van der Waals surface area contributed by atoms with Crippen molar-refractivity contribution in [2.75, 3.05) is 18.5 Å². The molecule has 0 bridgehead atoms. The number of hydrogen-bond acceptors (Lipinski definition) is 3. The molecule has 1 heterocycles. The molecule has 0 unspecified atom stereocenters. The smallest absolute Gasteiger partial charge is 0.252 e. The summed E-state index contributed by atoms with van der Waals surface area (Å²) in [4.78, 5) is 15.8. The van der Waals surface area contributed by atoms with Crippen LogP contribution in [0.1, 0.15) is 12.5 Å². The summed E-state index contributed by atoms with van der Waals surface area (Å²) in [7, 11) is 0. The number of nitrogens with zero attached hydrogens (tertiary/aromatic N) is 2. The van der Waals surface area contributed by atoms with Crippen LogP contribution in [0.15, 0.2) is 41.1 Å². The van der Waals surface area contributed by atoms with E-state index in [9.17, 15) is 4.79 Å². The van der Waals surface area contributed by atoms with E-state index < -0.39 is 0 Å². The molecule has 1 N–H and O–H groups in total. The summed E-state index contributed by atoms with van der Waals surface area (Å²) in [6.07, 6.45) is 3.49. The van der Waals surface area contributed by atoms with Gasteiger partial charge in [-0.1, -0.05) is 28.1 Å². The summed E-state index contributed by atoms with van der Waals surface area (Å²) in [5, 5.41) is 2.74. The number of halogens is 1. The lowest BCUT2D eigenvalue weighted by atomic mass is 10.2. The van der Waals surface area contributed by atoms with Gasteiger partial charge >= 0.3 is 0 Å². The third-order valence-electron chi connectivity index (χ3n) is 2.67. The maximum absolute atomic E-state index is 11.6. The van der Waals surface area contributed by atoms with E-state index in [-0.39, 0.29) is 12.5 Å². The van der Waals surface area contributed by atoms with Crippen LogP contribution in [0.2, 0.25) is 0 Å². The fraction of sp³-hybridized carbons (Fsp3) is 0.286. The van der Waals surface area contributed by atoms with Gasteiger partial charge in [-0.3, -0.25) is 10.1 Å². The van der Waals surface area contributed by atoms with Gasteiger partial charge in [-0.2, -0.15) is 0 Å². The van der Waals surface area contributed by atoms with Crippen LogP contribution < -0.4 is 5.32 Å². The van der Waals surface area contributed by atoms with Gasteiger partial charge < -0.3 is 9.30 Å². The number of amides is 1. The van der Waals surface area contributed by atoms with Crippen LogP contribution >= 0.6 is 15.9 Å². The zero-order chi connectivity index (χ0) is 14.4. The minimum absolute atomic E-state index is 0.0433. The Bertz CT molecular complexity index is 566. The van der Waals surface area contributed by atoms with Gasteiger partial charge in [0.1, 0.15) is 6.61 Å². The molecule has 2 aromatic rings. The van der Waals surface area contributed by atoms with Crippen LogP contribution in [-0.4, -0.2) is 28.7 Å². The van der Waals surface area contributed by atoms with E-state index in [1.165, 1.54) is 0 Å². The number of rotatable bonds is 6. The zero-order valence-electron chi connectivity index (χ0n) is 11.2. The highest BCUT2D eigenvalue weighted by atomic mass is 79.9. The largest absolute Gasteiger partial charge is 0.372 e. The topological polar surface area (TPSA) is 56.1 Å². The molecule has 0 atom stereocenters. The van der Waals surface area contributed by atoms with Crippen molar-refractivity contribution in [1.29, 1.82) is 0 Å². The second-order valence-corrected chi connectivity index (χ2v) is 5.11. The quantitative estimate of drug-likeness (QED) is 0.881. The van der Waals surface area contributed by atoms with Gasteiger partial charge in [0.05, 0.1) is 6.54 Å². The van der Waals surface area contributed by atoms with Crippen molar-refractivity contribution >= 4 is 27.8 Å². The van der Waals surface area contributed by atoms with Gasteiger partial charge in [-0.15, -0.1) is 0 Å². The number of hydrogen-bond donors (Lipinski definition) is 1. The summed E-state index contributed by atoms with van der Waals surface area (Å²) < 4.78 is 7.98. The maximum Gasteiger partial charge on any atom is 0.252 e. The molecule has 0 saturated heterocycles. The highest BCUT2D eigenvalue weighted by Crippen LogP contribution is 2.13. The van der Waals surface area contributed by atoms with Crippen molar-refractivity contribution in [2.24, 2.45) is 0 Å². The number of ether oxygens (including phenoxy) is 1. The van der Waals surface area contributed by atoms with Crippen LogP contribution in [0.25, 0.3) is 0 Å². The minimum atomic E-state index is -0.199. The molecule has 106 valence electrons. The third-order valence-corrected chi connectivity index (χ3v) is 3.20. The van der Waals surface area contributed by atoms with E-state index in [1.54, 1.807) is 6.20 Å². The Hall–Kier alpha value is -1.66. The van der Waals surface area contributed by atoms with E-state index in [2.05, 4.69) is 26.2 Å². The lowest BCUT2D eigenvalue weighted by Crippen LogP contribution is -2.21. The van der Waals surface area contributed by atoms with Crippen LogP contribution in [0.4, 0.5) is 5.95 Å². The Morgan fingerprint density at radius 3 is 2.85 bits per heavy atom. The predicted molar refractivity (Wildman–Crippen MR) is 80.6 cm³/mol. The van der Waals surface area contributed by atoms with Crippen LogP contribution in [0, 0.1) is 0 Å². The van der Waals surface area contributed by atoms with Gasteiger partial charge in [0.2, 0.25) is 5.95 Å². The number of anilines is 1. The molecule has 1 amide bonds. The second-order valence-electron chi connectivity index (χ2n) is 4.19. The molecule has 6 heteroatoms. The Morgan fingerprint density at radius 2 is 2.15 bits per heavy atom. The molecule has 0 saturated carbocycles. The first-order chi connectivity index (χ1) is 9.69. The van der Waals surface area contributed by atoms with Crippen LogP contribution in [-0.2, 0) is 16.1 Å². The number of nitrogens with one attached hydrogen (secondary N) is 1. The van der Waals surface area contributed by atoms with E-state index in [0.29, 0.717) is 19.1 Å². The minimum Gasteiger partial charge on any atom is -0.372 e. The summed E-state index contributed by atoms with van der Waals surface area (Å²) >= 11 is 3.40. The first kappa shape index (κ1) is 14.7. The Balaban J connectivity index is 2.01. The Morgan fingerprint density at radius 1 is 1.40 bits per heavy atom. The molecule has 0 aliphatic rings. The summed E-state index contributed by atoms with van der Waals surface area (Å²) in [6, 6.07) is 8.02. The van der Waals surface area contributed by atoms with Crippen molar-refractivity contribution in [1.82, 2.24) is 9.55 Å². The van der Waals surface area contributed by atoms with Gasteiger partial charge in [-0.05, 0) is 24.6 Å². The molecule has 2 rings (SSSR count). The average molecular weight is 338 g/mol. The molecular weight excluding hydrogens is 322 g/mol. The fourth-order valence-electron chi connectivity index (χ4n) is 1.70. The van der Waals surface area contributed by atoms with E-state index in [0.717, 1.165) is 10.0 Å². The summed E-state index contributed by atoms with van der Waals surface area (Å²) in [5.74, 6) is 0.327. The summed E-state index contributed by atoms with van der Waals surface area (Å²) in [6.45, 7) is 3.06. The molecule has 0 fully saturated rings. The Kier molecular flexibility index (Phi) is 5.31. The monoisotopic (exact) mass is 337 g/mol. The van der Waals surface area contributed by atoms with Gasteiger partial charge in [0.25, 0.3) is 5.91 Å². The first-order valence-corrected chi connectivity index (χ1v) is 7.11. The zero-order valence-corrected chi connectivity index (χ0v) is 12.8. The molecule has 5 nitrogen and oxygen atoms in total. The van der Waals surface area contributed by atoms with Crippen molar-refractivity contribution in [3.05, 3.63) is 46.7 Å². The van der Waals surface area contributed by atoms with Crippen LogP contribution in [0.5, 0.6) is 0 Å². The lowest BCUT2D eigenvalue weighted by Gasteiger charge is -2.09. The molecule has 1 aromatic heterocycles. The molecular formula is C14H16BrN3O2. The number of carbonyl (C=O) groups is 1. The molecule has 0 spiro atoms. The number of carbonyl (C=O) groups excluding carboxylic acids is 1. The normalized spacial score (nSPS) is 10.5. The molecule has 20 heavy (non-hydrogen) atoms. The number of aromatic nitrogens is 2. The van der Waals surface area contributed by atoms with Crippen molar-refractivity contribution in [3.63, 3.8) is 0 Å². The van der Waals surface area contributed by atoms with E-state index in [1.807, 2.05) is 42.0 Å². The number of imidazole rings is 1. The highest BCUT2D eigenvalue weighted by Gasteiger charge is 2.08. The highest BCUT2D eigenvalue weighted by molar-refractivity contribution is 9.10. The number of benzene rings is 1. The maximum atomic E-state index is 11.6. The van der Waals surface area contributed by atoms with Crippen LogP contribution in [0.3, 0.4) is 0 Å². The average Bonchev–Trinajstić information content (AvgIpc) is 2.86. The van der Waals surface area contributed by atoms with Crippen molar-refractivity contribution in [2.45, 2.75) is 13.5 Å². The lowest BCUT2D eigenvalue weighted by molar-refractivity contribution is -0.120. The van der Waals surface area contributed by atoms with Crippen molar-refractivity contribution in [3.8, 4) is 0 Å². The Labute approximate surface area is 126 Å². The molecule has 0 aliphatic carbocycles. The standard InChI is InChI=1S/C14H16BrN3O2/c1-2-20-10-13(19)17-14-16-7-8-18(14)9-11-3-5-12(15)6-4-11/h3-8H,2,9-10H2,1H3,(H,16,17,19). The third kappa shape index (κ3) is 4.18. The van der Waals surface area contributed by atoms with Gasteiger partial charge in [0, 0.05) is 23.5 Å². The molecule has 0 radical (unpaired) electrons. The van der Waals surface area contributed by atoms with E-state index in [4.69, 9.17) is 4.74 Å². The predicted octanol–water partition coefficient (Wildman–Crippen LogP) is 2.67. The molecule has 1 aromatic carbocycles.